The minimum atomic E-state index is 0.584. The lowest BCUT2D eigenvalue weighted by Gasteiger charge is -2.34. The molecule has 1 heterocycles. The van der Waals surface area contributed by atoms with Gasteiger partial charge in [0.1, 0.15) is 0 Å². The van der Waals surface area contributed by atoms with Crippen LogP contribution in [-0.4, -0.2) is 25.0 Å². The van der Waals surface area contributed by atoms with Crippen LogP contribution < -0.4 is 0 Å². The van der Waals surface area contributed by atoms with Crippen LogP contribution in [0.25, 0.3) is 0 Å². The second-order valence-electron chi connectivity index (χ2n) is 5.34. The predicted molar refractivity (Wildman–Crippen MR) is 54.3 cm³/mol. The van der Waals surface area contributed by atoms with Gasteiger partial charge in [0, 0.05) is 6.54 Å². The Kier molecular flexibility index (Phi) is 3.16. The lowest BCUT2D eigenvalue weighted by atomic mass is 9.78. The third kappa shape index (κ3) is 3.14. The predicted octanol–water partition coefficient (Wildman–Crippen LogP) is 2.76. The SMILES string of the molecule is CC1CN(C)CCCC(C)(C)C1. The van der Waals surface area contributed by atoms with E-state index >= 15 is 0 Å². The number of likely N-dealkylation sites (tertiary alicyclic amines) is 1. The summed E-state index contributed by atoms with van der Waals surface area (Å²) in [7, 11) is 2.24. The largest absolute Gasteiger partial charge is 0.306 e. The van der Waals surface area contributed by atoms with Crippen LogP contribution in [-0.2, 0) is 0 Å². The molecule has 0 N–H and O–H groups in total. The van der Waals surface area contributed by atoms with Crippen molar-refractivity contribution in [1.29, 1.82) is 0 Å². The summed E-state index contributed by atoms with van der Waals surface area (Å²) in [6.45, 7) is 9.77. The molecule has 1 aliphatic heterocycles. The van der Waals surface area contributed by atoms with E-state index in [4.69, 9.17) is 0 Å². The molecule has 72 valence electrons. The van der Waals surface area contributed by atoms with Crippen LogP contribution >= 0.6 is 0 Å². The van der Waals surface area contributed by atoms with Crippen molar-refractivity contribution in [2.45, 2.75) is 40.0 Å². The Morgan fingerprint density at radius 2 is 2.00 bits per heavy atom. The molecule has 0 bridgehead atoms. The molecule has 1 aliphatic rings. The summed E-state index contributed by atoms with van der Waals surface area (Å²) in [6, 6.07) is 0. The van der Waals surface area contributed by atoms with Crippen molar-refractivity contribution in [3.63, 3.8) is 0 Å². The van der Waals surface area contributed by atoms with Gasteiger partial charge >= 0.3 is 0 Å². The Labute approximate surface area is 77.1 Å². The summed E-state index contributed by atoms with van der Waals surface area (Å²) in [5.74, 6) is 0.866. The van der Waals surface area contributed by atoms with Crippen LogP contribution in [0.4, 0.5) is 0 Å². The summed E-state index contributed by atoms with van der Waals surface area (Å²) >= 11 is 0. The average molecular weight is 169 g/mol. The van der Waals surface area contributed by atoms with Crippen LogP contribution in [0.2, 0.25) is 0 Å². The van der Waals surface area contributed by atoms with E-state index in [1.165, 1.54) is 32.4 Å². The summed E-state index contributed by atoms with van der Waals surface area (Å²) in [5.41, 5.74) is 0.584. The highest BCUT2D eigenvalue weighted by Gasteiger charge is 2.23. The highest BCUT2D eigenvalue weighted by molar-refractivity contribution is 4.76. The number of hydrogen-bond acceptors (Lipinski definition) is 1. The van der Waals surface area contributed by atoms with Crippen LogP contribution in [0.3, 0.4) is 0 Å². The molecule has 1 nitrogen and oxygen atoms in total. The fourth-order valence-corrected chi connectivity index (χ4v) is 2.56. The first-order valence-corrected chi connectivity index (χ1v) is 5.18. The van der Waals surface area contributed by atoms with Gasteiger partial charge in [0.2, 0.25) is 0 Å². The van der Waals surface area contributed by atoms with Crippen LogP contribution in [0, 0.1) is 11.3 Å². The minimum absolute atomic E-state index is 0.584. The van der Waals surface area contributed by atoms with E-state index in [1.807, 2.05) is 0 Å². The fraction of sp³-hybridized carbons (Fsp3) is 1.00. The van der Waals surface area contributed by atoms with Crippen molar-refractivity contribution < 1.29 is 0 Å². The van der Waals surface area contributed by atoms with Gasteiger partial charge in [0.15, 0.2) is 0 Å². The molecule has 1 atom stereocenters. The molecular weight excluding hydrogens is 146 g/mol. The van der Waals surface area contributed by atoms with Gasteiger partial charge in [-0.3, -0.25) is 0 Å². The van der Waals surface area contributed by atoms with Crippen LogP contribution in [0.1, 0.15) is 40.0 Å². The van der Waals surface area contributed by atoms with Gasteiger partial charge in [0.05, 0.1) is 0 Å². The monoisotopic (exact) mass is 169 g/mol. The van der Waals surface area contributed by atoms with Gasteiger partial charge in [-0.25, -0.2) is 0 Å². The highest BCUT2D eigenvalue weighted by Crippen LogP contribution is 2.32. The lowest BCUT2D eigenvalue weighted by molar-refractivity contribution is 0.165. The molecule has 0 spiro atoms. The standard InChI is InChI=1S/C11H23N/c1-10-8-11(2,3)6-5-7-12(4)9-10/h10H,5-9H2,1-4H3. The Bertz CT molecular complexity index is 140. The molecule has 1 fully saturated rings. The van der Waals surface area contributed by atoms with Crippen molar-refractivity contribution in [1.82, 2.24) is 4.90 Å². The zero-order chi connectivity index (χ0) is 9.19. The molecule has 0 radical (unpaired) electrons. The van der Waals surface area contributed by atoms with Crippen molar-refractivity contribution in [3.05, 3.63) is 0 Å². The van der Waals surface area contributed by atoms with E-state index in [0.29, 0.717) is 5.41 Å². The maximum atomic E-state index is 2.47. The Hall–Kier alpha value is -0.0400. The fourth-order valence-electron chi connectivity index (χ4n) is 2.56. The van der Waals surface area contributed by atoms with Crippen molar-refractivity contribution in [2.24, 2.45) is 11.3 Å². The molecule has 0 aromatic heterocycles. The molecule has 0 aromatic carbocycles. The van der Waals surface area contributed by atoms with E-state index in [0.717, 1.165) is 5.92 Å². The zero-order valence-electron chi connectivity index (χ0n) is 9.06. The Morgan fingerprint density at radius 3 is 2.67 bits per heavy atom. The summed E-state index contributed by atoms with van der Waals surface area (Å²) in [5, 5.41) is 0. The van der Waals surface area contributed by atoms with Gasteiger partial charge in [0.25, 0.3) is 0 Å². The van der Waals surface area contributed by atoms with Crippen molar-refractivity contribution in [3.8, 4) is 0 Å². The van der Waals surface area contributed by atoms with E-state index in [2.05, 4.69) is 32.7 Å². The van der Waals surface area contributed by atoms with Gasteiger partial charge < -0.3 is 4.90 Å². The van der Waals surface area contributed by atoms with Crippen LogP contribution in [0.5, 0.6) is 0 Å². The maximum Gasteiger partial charge on any atom is 0.000417 e. The summed E-state index contributed by atoms with van der Waals surface area (Å²) in [4.78, 5) is 2.47. The Morgan fingerprint density at radius 1 is 1.33 bits per heavy atom. The average Bonchev–Trinajstić information content (AvgIpc) is 1.81. The van der Waals surface area contributed by atoms with Crippen LogP contribution in [0.15, 0.2) is 0 Å². The van der Waals surface area contributed by atoms with E-state index < -0.39 is 0 Å². The summed E-state index contributed by atoms with van der Waals surface area (Å²) < 4.78 is 0. The Balaban J connectivity index is 2.48. The third-order valence-electron chi connectivity index (χ3n) is 2.92. The second kappa shape index (κ2) is 3.78. The quantitative estimate of drug-likeness (QED) is 0.539. The molecule has 1 rings (SSSR count). The number of rotatable bonds is 0. The molecule has 0 saturated carbocycles. The number of hydrogen-bond donors (Lipinski definition) is 0. The molecule has 1 unspecified atom stereocenters. The first-order valence-electron chi connectivity index (χ1n) is 5.18. The molecular formula is C11H23N. The van der Waals surface area contributed by atoms with E-state index in [9.17, 15) is 0 Å². The van der Waals surface area contributed by atoms with Gasteiger partial charge in [-0.1, -0.05) is 20.8 Å². The zero-order valence-corrected chi connectivity index (χ0v) is 9.06. The highest BCUT2D eigenvalue weighted by atomic mass is 15.1. The first-order chi connectivity index (χ1) is 5.49. The molecule has 0 amide bonds. The minimum Gasteiger partial charge on any atom is -0.306 e. The van der Waals surface area contributed by atoms with Crippen molar-refractivity contribution >= 4 is 0 Å². The van der Waals surface area contributed by atoms with E-state index in [-0.39, 0.29) is 0 Å². The molecule has 1 saturated heterocycles. The molecule has 1 heteroatoms. The normalized spacial score (nSPS) is 32.5. The summed E-state index contributed by atoms with van der Waals surface area (Å²) in [6.07, 6.45) is 4.15. The second-order valence-corrected chi connectivity index (χ2v) is 5.34. The van der Waals surface area contributed by atoms with Crippen molar-refractivity contribution in [2.75, 3.05) is 20.1 Å². The van der Waals surface area contributed by atoms with Gasteiger partial charge in [-0.05, 0) is 44.2 Å². The number of nitrogens with zero attached hydrogens (tertiary/aromatic N) is 1. The smallest absolute Gasteiger partial charge is 0.000417 e. The maximum absolute atomic E-state index is 2.47. The molecule has 0 aliphatic carbocycles. The molecule has 12 heavy (non-hydrogen) atoms. The van der Waals surface area contributed by atoms with E-state index in [1.54, 1.807) is 0 Å². The lowest BCUT2D eigenvalue weighted by Crippen LogP contribution is -2.32. The van der Waals surface area contributed by atoms with Gasteiger partial charge in [-0.2, -0.15) is 0 Å². The topological polar surface area (TPSA) is 3.24 Å². The van der Waals surface area contributed by atoms with Gasteiger partial charge in [-0.15, -0.1) is 0 Å². The molecule has 0 aromatic rings. The first kappa shape index (κ1) is 10.0. The third-order valence-corrected chi connectivity index (χ3v) is 2.92.